The highest BCUT2D eigenvalue weighted by Crippen LogP contribution is 2.27. The largest absolute Gasteiger partial charge is 0.451 e. The molecule has 1 saturated carbocycles. The summed E-state index contributed by atoms with van der Waals surface area (Å²) >= 11 is 0. The number of anilines is 1. The molecular weight excluding hydrogens is 384 g/mol. The van der Waals surface area contributed by atoms with Crippen LogP contribution in [0.15, 0.2) is 30.3 Å². The summed E-state index contributed by atoms with van der Waals surface area (Å²) in [5.41, 5.74) is -0.311. The number of rotatable bonds is 7. The molecule has 0 heterocycles. The maximum absolute atomic E-state index is 12.6. The molecule has 2 rings (SSSR count). The van der Waals surface area contributed by atoms with Crippen LogP contribution < -0.4 is 16.0 Å². The third-order valence-electron chi connectivity index (χ3n) is 5.18. The Morgan fingerprint density at radius 1 is 1.07 bits per heavy atom. The van der Waals surface area contributed by atoms with Gasteiger partial charge in [-0.1, -0.05) is 51.3 Å². The van der Waals surface area contributed by atoms with Crippen molar-refractivity contribution in [2.75, 3.05) is 5.32 Å². The minimum absolute atomic E-state index is 0.252. The number of benzene rings is 1. The van der Waals surface area contributed by atoms with Gasteiger partial charge in [0.1, 0.15) is 11.6 Å². The number of urea groups is 1. The monoisotopic (exact) mass is 414 g/mol. The Balaban J connectivity index is 1.93. The van der Waals surface area contributed by atoms with E-state index < -0.39 is 35.6 Å². The smallest absolute Gasteiger partial charge is 0.329 e. The van der Waals surface area contributed by atoms with Gasteiger partial charge in [-0.3, -0.25) is 4.79 Å². The van der Waals surface area contributed by atoms with Gasteiger partial charge in [-0.05, 0) is 37.8 Å². The van der Waals surface area contributed by atoms with Gasteiger partial charge in [0.2, 0.25) is 0 Å². The molecule has 1 aliphatic rings. The number of nitrogens with zero attached hydrogens (tertiary/aromatic N) is 1. The Hall–Kier alpha value is -3.08. The molecule has 1 fully saturated rings. The van der Waals surface area contributed by atoms with Gasteiger partial charge < -0.3 is 20.7 Å². The number of para-hydroxylation sites is 1. The SMILES string of the molecule is CC(C)[C@H](NC(=O)Nc1ccccc1)C(=O)O[C@H](C)C(=O)NC1(C#N)CCCCC1. The Morgan fingerprint density at radius 3 is 2.27 bits per heavy atom. The fraction of sp³-hybridized carbons (Fsp3) is 0.545. The minimum atomic E-state index is -1.08. The lowest BCUT2D eigenvalue weighted by molar-refractivity contribution is -0.158. The van der Waals surface area contributed by atoms with Crippen LogP contribution in [0.5, 0.6) is 0 Å². The first-order chi connectivity index (χ1) is 14.3. The fourth-order valence-electron chi connectivity index (χ4n) is 3.39. The topological polar surface area (TPSA) is 120 Å². The normalized spacial score (nSPS) is 17.2. The van der Waals surface area contributed by atoms with Crippen molar-refractivity contribution in [3.05, 3.63) is 30.3 Å². The molecule has 0 aromatic heterocycles. The molecule has 0 unspecified atom stereocenters. The van der Waals surface area contributed by atoms with Gasteiger partial charge >= 0.3 is 12.0 Å². The molecule has 0 radical (unpaired) electrons. The molecular formula is C22H30N4O4. The summed E-state index contributed by atoms with van der Waals surface area (Å²) in [6.07, 6.45) is 2.88. The number of carbonyl (C=O) groups is 3. The minimum Gasteiger partial charge on any atom is -0.451 e. The number of ether oxygens (including phenoxy) is 1. The molecule has 162 valence electrons. The molecule has 3 N–H and O–H groups in total. The van der Waals surface area contributed by atoms with Crippen LogP contribution in [0.2, 0.25) is 0 Å². The first-order valence-electron chi connectivity index (χ1n) is 10.3. The zero-order valence-corrected chi connectivity index (χ0v) is 17.7. The molecule has 1 aromatic carbocycles. The van der Waals surface area contributed by atoms with Crippen molar-refractivity contribution in [2.24, 2.45) is 5.92 Å². The predicted molar refractivity (Wildman–Crippen MR) is 112 cm³/mol. The second kappa shape index (κ2) is 10.6. The van der Waals surface area contributed by atoms with Crippen LogP contribution in [0.3, 0.4) is 0 Å². The summed E-state index contributed by atoms with van der Waals surface area (Å²) in [5.74, 6) is -1.47. The van der Waals surface area contributed by atoms with E-state index in [2.05, 4.69) is 22.0 Å². The van der Waals surface area contributed by atoms with E-state index in [-0.39, 0.29) is 5.92 Å². The molecule has 0 aliphatic heterocycles. The van der Waals surface area contributed by atoms with Crippen LogP contribution in [0.4, 0.5) is 10.5 Å². The highest BCUT2D eigenvalue weighted by molar-refractivity contribution is 5.93. The summed E-state index contributed by atoms with van der Waals surface area (Å²) in [6.45, 7) is 5.00. The lowest BCUT2D eigenvalue weighted by atomic mass is 9.83. The summed E-state index contributed by atoms with van der Waals surface area (Å²) in [6, 6.07) is 9.59. The second-order valence-electron chi connectivity index (χ2n) is 8.01. The van der Waals surface area contributed by atoms with Crippen LogP contribution in [-0.4, -0.2) is 35.6 Å². The van der Waals surface area contributed by atoms with Crippen LogP contribution in [0.25, 0.3) is 0 Å². The van der Waals surface area contributed by atoms with E-state index in [4.69, 9.17) is 4.74 Å². The lowest BCUT2D eigenvalue weighted by Gasteiger charge is -2.32. The molecule has 8 heteroatoms. The van der Waals surface area contributed by atoms with E-state index in [1.807, 2.05) is 6.07 Å². The summed E-state index contributed by atoms with van der Waals surface area (Å²) < 4.78 is 5.31. The first kappa shape index (κ1) is 23.2. The van der Waals surface area contributed by atoms with Crippen molar-refractivity contribution in [2.45, 2.75) is 70.6 Å². The van der Waals surface area contributed by atoms with Crippen molar-refractivity contribution in [1.82, 2.24) is 10.6 Å². The summed E-state index contributed by atoms with van der Waals surface area (Å²) in [4.78, 5) is 37.4. The third kappa shape index (κ3) is 6.48. The molecule has 1 aromatic rings. The van der Waals surface area contributed by atoms with Gasteiger partial charge in [-0.15, -0.1) is 0 Å². The van der Waals surface area contributed by atoms with Gasteiger partial charge in [0.15, 0.2) is 6.10 Å². The quantitative estimate of drug-likeness (QED) is 0.592. The molecule has 3 amide bonds. The number of nitrogens with one attached hydrogen (secondary N) is 3. The highest BCUT2D eigenvalue weighted by Gasteiger charge is 2.36. The van der Waals surface area contributed by atoms with Gasteiger partial charge in [0.05, 0.1) is 6.07 Å². The van der Waals surface area contributed by atoms with E-state index >= 15 is 0 Å². The van der Waals surface area contributed by atoms with Crippen LogP contribution in [0.1, 0.15) is 52.9 Å². The maximum Gasteiger partial charge on any atom is 0.329 e. The Morgan fingerprint density at radius 2 is 1.70 bits per heavy atom. The molecule has 0 spiro atoms. The standard InChI is InChI=1S/C22H30N4O4/c1-15(2)18(25-21(29)24-17-10-6-4-7-11-17)20(28)30-16(3)19(27)26-22(14-23)12-8-5-9-13-22/h4,6-7,10-11,15-16,18H,5,8-9,12-13H2,1-3H3,(H,26,27)(H2,24,25,29)/t16-,18+/m1/s1. The first-order valence-corrected chi connectivity index (χ1v) is 10.3. The lowest BCUT2D eigenvalue weighted by Crippen LogP contribution is -2.53. The number of carbonyl (C=O) groups excluding carboxylic acids is 3. The number of amides is 3. The number of hydrogen-bond donors (Lipinski definition) is 3. The van der Waals surface area contributed by atoms with E-state index in [0.29, 0.717) is 18.5 Å². The van der Waals surface area contributed by atoms with E-state index in [1.165, 1.54) is 6.92 Å². The predicted octanol–water partition coefficient (Wildman–Crippen LogP) is 3.11. The average molecular weight is 415 g/mol. The molecule has 30 heavy (non-hydrogen) atoms. The fourth-order valence-corrected chi connectivity index (χ4v) is 3.39. The van der Waals surface area contributed by atoms with Crippen molar-refractivity contribution < 1.29 is 19.1 Å². The summed E-state index contributed by atoms with van der Waals surface area (Å²) in [7, 11) is 0. The number of hydrogen-bond acceptors (Lipinski definition) is 5. The van der Waals surface area contributed by atoms with Gasteiger partial charge in [-0.25, -0.2) is 9.59 Å². The van der Waals surface area contributed by atoms with Crippen molar-refractivity contribution in [3.8, 4) is 6.07 Å². The molecule has 0 saturated heterocycles. The van der Waals surface area contributed by atoms with Crippen LogP contribution >= 0.6 is 0 Å². The third-order valence-corrected chi connectivity index (χ3v) is 5.18. The number of esters is 1. The van der Waals surface area contributed by atoms with Crippen molar-refractivity contribution in [3.63, 3.8) is 0 Å². The van der Waals surface area contributed by atoms with Gasteiger partial charge in [-0.2, -0.15) is 5.26 Å². The van der Waals surface area contributed by atoms with Crippen molar-refractivity contribution in [1.29, 1.82) is 5.26 Å². The van der Waals surface area contributed by atoms with Gasteiger partial charge in [0.25, 0.3) is 5.91 Å². The Labute approximate surface area is 177 Å². The molecule has 0 bridgehead atoms. The Kier molecular flexibility index (Phi) is 8.22. The van der Waals surface area contributed by atoms with E-state index in [1.54, 1.807) is 38.1 Å². The average Bonchev–Trinajstić information content (AvgIpc) is 2.73. The van der Waals surface area contributed by atoms with E-state index in [9.17, 15) is 19.6 Å². The van der Waals surface area contributed by atoms with Crippen molar-refractivity contribution >= 4 is 23.6 Å². The zero-order chi connectivity index (χ0) is 22.1. The van der Waals surface area contributed by atoms with Crippen LogP contribution in [0, 0.1) is 17.2 Å². The molecule has 2 atom stereocenters. The second-order valence-corrected chi connectivity index (χ2v) is 8.01. The van der Waals surface area contributed by atoms with E-state index in [0.717, 1.165) is 19.3 Å². The van der Waals surface area contributed by atoms with Gasteiger partial charge in [0, 0.05) is 5.69 Å². The Bertz CT molecular complexity index is 782. The zero-order valence-electron chi connectivity index (χ0n) is 17.7. The summed E-state index contributed by atoms with van der Waals surface area (Å²) in [5, 5.41) is 17.5. The molecule has 8 nitrogen and oxygen atoms in total. The number of nitriles is 1. The highest BCUT2D eigenvalue weighted by atomic mass is 16.5. The van der Waals surface area contributed by atoms with Crippen LogP contribution in [-0.2, 0) is 14.3 Å². The maximum atomic E-state index is 12.6. The molecule has 1 aliphatic carbocycles.